The Morgan fingerprint density at radius 2 is 2.20 bits per heavy atom. The van der Waals surface area contributed by atoms with E-state index in [-0.39, 0.29) is 0 Å². The molecule has 0 amide bonds. The Bertz CT molecular complexity index is 335. The van der Waals surface area contributed by atoms with Crippen LogP contribution >= 0.6 is 0 Å². The third-order valence-electron chi connectivity index (χ3n) is 2.50. The number of nitrogens with zero attached hydrogens (tertiary/aromatic N) is 1. The van der Waals surface area contributed by atoms with Crippen LogP contribution in [0.3, 0.4) is 0 Å². The van der Waals surface area contributed by atoms with E-state index < -0.39 is 0 Å². The van der Waals surface area contributed by atoms with Gasteiger partial charge in [0.15, 0.2) is 0 Å². The van der Waals surface area contributed by atoms with Gasteiger partial charge in [0.25, 0.3) is 0 Å². The van der Waals surface area contributed by atoms with E-state index in [0.29, 0.717) is 0 Å². The summed E-state index contributed by atoms with van der Waals surface area (Å²) >= 11 is 0. The van der Waals surface area contributed by atoms with Gasteiger partial charge in [0.1, 0.15) is 0 Å². The standard InChI is InChI=1S/C14H19N/c1-4-6-7-11-15(5-2)14-10-8-9-13(3)12-14/h1,8-10,12H,5-7,11H2,2-3H3. The summed E-state index contributed by atoms with van der Waals surface area (Å²) in [4.78, 5) is 2.37. The topological polar surface area (TPSA) is 3.24 Å². The smallest absolute Gasteiger partial charge is 0.0368 e. The minimum absolute atomic E-state index is 0.863. The van der Waals surface area contributed by atoms with Crippen LogP contribution in [0.25, 0.3) is 0 Å². The number of rotatable bonds is 5. The summed E-state index contributed by atoms with van der Waals surface area (Å²) in [5.41, 5.74) is 2.61. The Morgan fingerprint density at radius 3 is 2.80 bits per heavy atom. The zero-order valence-electron chi connectivity index (χ0n) is 9.66. The van der Waals surface area contributed by atoms with Crippen LogP contribution in [0.1, 0.15) is 25.3 Å². The Kier molecular flexibility index (Phi) is 4.77. The molecule has 0 fully saturated rings. The number of terminal acetylenes is 1. The molecule has 0 aromatic heterocycles. The monoisotopic (exact) mass is 201 g/mol. The van der Waals surface area contributed by atoms with E-state index in [1.54, 1.807) is 0 Å². The molecule has 0 bridgehead atoms. The maximum Gasteiger partial charge on any atom is 0.0368 e. The van der Waals surface area contributed by atoms with Crippen LogP contribution in [0.2, 0.25) is 0 Å². The molecule has 0 saturated heterocycles. The molecular formula is C14H19N. The fourth-order valence-electron chi connectivity index (χ4n) is 1.67. The van der Waals surface area contributed by atoms with Crippen molar-refractivity contribution >= 4 is 5.69 Å². The molecule has 80 valence electrons. The van der Waals surface area contributed by atoms with Crippen molar-refractivity contribution in [3.05, 3.63) is 29.8 Å². The molecule has 0 radical (unpaired) electrons. The molecule has 1 heteroatoms. The lowest BCUT2D eigenvalue weighted by atomic mass is 10.2. The summed E-state index contributed by atoms with van der Waals surface area (Å²) in [5.74, 6) is 2.68. The largest absolute Gasteiger partial charge is 0.372 e. The fourth-order valence-corrected chi connectivity index (χ4v) is 1.67. The van der Waals surface area contributed by atoms with Crippen molar-refractivity contribution in [2.24, 2.45) is 0 Å². The van der Waals surface area contributed by atoms with Crippen LogP contribution in [-0.4, -0.2) is 13.1 Å². The van der Waals surface area contributed by atoms with Gasteiger partial charge in [0.2, 0.25) is 0 Å². The van der Waals surface area contributed by atoms with E-state index >= 15 is 0 Å². The van der Waals surface area contributed by atoms with Crippen molar-refractivity contribution in [1.29, 1.82) is 0 Å². The SMILES string of the molecule is C#CCCCN(CC)c1cccc(C)c1. The molecule has 1 nitrogen and oxygen atoms in total. The van der Waals surface area contributed by atoms with Crippen molar-refractivity contribution in [3.63, 3.8) is 0 Å². The van der Waals surface area contributed by atoms with Gasteiger partial charge in [-0.15, -0.1) is 12.3 Å². The molecule has 1 rings (SSSR count). The van der Waals surface area contributed by atoms with E-state index in [1.807, 2.05) is 0 Å². The van der Waals surface area contributed by atoms with Crippen LogP contribution < -0.4 is 4.90 Å². The first-order valence-electron chi connectivity index (χ1n) is 5.53. The maximum absolute atomic E-state index is 5.25. The highest BCUT2D eigenvalue weighted by molar-refractivity contribution is 5.48. The molecule has 0 aliphatic carbocycles. The highest BCUT2D eigenvalue weighted by atomic mass is 15.1. The van der Waals surface area contributed by atoms with E-state index in [0.717, 1.165) is 25.9 Å². The lowest BCUT2D eigenvalue weighted by Crippen LogP contribution is -2.23. The maximum atomic E-state index is 5.25. The predicted octanol–water partition coefficient (Wildman–Crippen LogP) is 3.23. The number of benzene rings is 1. The highest BCUT2D eigenvalue weighted by Crippen LogP contribution is 2.15. The predicted molar refractivity (Wildman–Crippen MR) is 67.1 cm³/mol. The first kappa shape index (κ1) is 11.7. The van der Waals surface area contributed by atoms with Crippen molar-refractivity contribution in [3.8, 4) is 12.3 Å². The molecule has 1 aromatic rings. The summed E-state index contributed by atoms with van der Waals surface area (Å²) in [6, 6.07) is 8.61. The minimum atomic E-state index is 0.863. The summed E-state index contributed by atoms with van der Waals surface area (Å²) in [7, 11) is 0. The third-order valence-corrected chi connectivity index (χ3v) is 2.50. The minimum Gasteiger partial charge on any atom is -0.372 e. The number of anilines is 1. The summed E-state index contributed by atoms with van der Waals surface area (Å²) in [5, 5.41) is 0. The normalized spacial score (nSPS) is 9.67. The van der Waals surface area contributed by atoms with Crippen molar-refractivity contribution in [2.45, 2.75) is 26.7 Å². The molecule has 15 heavy (non-hydrogen) atoms. The Hall–Kier alpha value is -1.42. The molecule has 0 aliphatic heterocycles. The van der Waals surface area contributed by atoms with Gasteiger partial charge in [0.05, 0.1) is 0 Å². The quantitative estimate of drug-likeness (QED) is 0.522. The first-order chi connectivity index (χ1) is 7.27. The first-order valence-corrected chi connectivity index (χ1v) is 5.53. The molecule has 1 aromatic carbocycles. The average Bonchev–Trinajstić information content (AvgIpc) is 2.24. The van der Waals surface area contributed by atoms with Crippen LogP contribution in [-0.2, 0) is 0 Å². The van der Waals surface area contributed by atoms with Gasteiger partial charge in [-0.05, 0) is 38.0 Å². The van der Waals surface area contributed by atoms with Crippen molar-refractivity contribution in [1.82, 2.24) is 0 Å². The average molecular weight is 201 g/mol. The van der Waals surface area contributed by atoms with Crippen LogP contribution in [0, 0.1) is 19.3 Å². The number of aryl methyl sites for hydroxylation is 1. The summed E-state index contributed by atoms with van der Waals surface area (Å²) < 4.78 is 0. The van der Waals surface area contributed by atoms with E-state index in [1.165, 1.54) is 11.3 Å². The van der Waals surface area contributed by atoms with Gasteiger partial charge in [-0.3, -0.25) is 0 Å². The zero-order valence-corrected chi connectivity index (χ0v) is 9.66. The van der Waals surface area contributed by atoms with Gasteiger partial charge in [-0.1, -0.05) is 12.1 Å². The van der Waals surface area contributed by atoms with Gasteiger partial charge in [-0.2, -0.15) is 0 Å². The number of hydrogen-bond acceptors (Lipinski definition) is 1. The molecule has 0 atom stereocenters. The summed E-state index contributed by atoms with van der Waals surface area (Å²) in [6.07, 6.45) is 7.18. The Labute approximate surface area is 93.1 Å². The third kappa shape index (κ3) is 3.67. The summed E-state index contributed by atoms with van der Waals surface area (Å²) in [6.45, 7) is 6.38. The molecule has 0 saturated carbocycles. The molecule has 0 aliphatic rings. The second-order valence-corrected chi connectivity index (χ2v) is 3.73. The lowest BCUT2D eigenvalue weighted by Gasteiger charge is -2.23. The van der Waals surface area contributed by atoms with Crippen LogP contribution in [0.5, 0.6) is 0 Å². The van der Waals surface area contributed by atoms with Gasteiger partial charge in [-0.25, -0.2) is 0 Å². The van der Waals surface area contributed by atoms with Crippen molar-refractivity contribution in [2.75, 3.05) is 18.0 Å². The fraction of sp³-hybridized carbons (Fsp3) is 0.429. The van der Waals surface area contributed by atoms with Gasteiger partial charge < -0.3 is 4.90 Å². The Balaban J connectivity index is 2.62. The molecule has 0 N–H and O–H groups in total. The van der Waals surface area contributed by atoms with Crippen LogP contribution in [0.4, 0.5) is 5.69 Å². The lowest BCUT2D eigenvalue weighted by molar-refractivity contribution is 0.764. The van der Waals surface area contributed by atoms with E-state index in [4.69, 9.17) is 6.42 Å². The molecule has 0 unspecified atom stereocenters. The van der Waals surface area contributed by atoms with Gasteiger partial charge in [0, 0.05) is 25.2 Å². The number of hydrogen-bond donors (Lipinski definition) is 0. The molecule has 0 heterocycles. The second-order valence-electron chi connectivity index (χ2n) is 3.73. The second kappa shape index (κ2) is 6.14. The number of unbranched alkanes of at least 4 members (excludes halogenated alkanes) is 1. The van der Waals surface area contributed by atoms with E-state index in [2.05, 4.69) is 48.9 Å². The van der Waals surface area contributed by atoms with E-state index in [9.17, 15) is 0 Å². The van der Waals surface area contributed by atoms with Crippen LogP contribution in [0.15, 0.2) is 24.3 Å². The molecule has 0 spiro atoms. The highest BCUT2D eigenvalue weighted by Gasteiger charge is 2.02. The Morgan fingerprint density at radius 1 is 1.40 bits per heavy atom. The van der Waals surface area contributed by atoms with Crippen molar-refractivity contribution < 1.29 is 0 Å². The molecular weight excluding hydrogens is 182 g/mol. The van der Waals surface area contributed by atoms with Gasteiger partial charge >= 0.3 is 0 Å². The zero-order chi connectivity index (χ0) is 11.1.